The number of sulfone groups is 1. The number of benzene rings is 1. The van der Waals surface area contributed by atoms with Crippen molar-refractivity contribution >= 4 is 47.3 Å². The van der Waals surface area contributed by atoms with Gasteiger partial charge in [-0.05, 0) is 24.6 Å². The highest BCUT2D eigenvalue weighted by molar-refractivity contribution is 9.10. The third-order valence-electron chi connectivity index (χ3n) is 3.17. The molecule has 0 aliphatic carbocycles. The van der Waals surface area contributed by atoms with Crippen molar-refractivity contribution in [3.63, 3.8) is 0 Å². The Balaban J connectivity index is 1.69. The van der Waals surface area contributed by atoms with Crippen LogP contribution in [-0.4, -0.2) is 30.9 Å². The van der Waals surface area contributed by atoms with Crippen LogP contribution in [0.25, 0.3) is 10.2 Å². The van der Waals surface area contributed by atoms with Crippen molar-refractivity contribution in [3.05, 3.63) is 27.7 Å². The molecule has 1 fully saturated rings. The molecule has 1 aromatic carbocycles. The standard InChI is InChI=1S/C12H13BrN2O2S2/c13-8-1-2-10-11(5-8)18-12(15-10)6-14-9-3-4-19(16,17)7-9/h1-2,5,9,14H,3-4,6-7H2. The first-order valence-corrected chi connectivity index (χ1v) is 9.44. The number of hydrogen-bond acceptors (Lipinski definition) is 5. The van der Waals surface area contributed by atoms with E-state index in [4.69, 9.17) is 0 Å². The van der Waals surface area contributed by atoms with E-state index >= 15 is 0 Å². The SMILES string of the molecule is O=S1(=O)CCC(NCc2nc3ccc(Br)cc3s2)C1. The van der Waals surface area contributed by atoms with Gasteiger partial charge >= 0.3 is 0 Å². The van der Waals surface area contributed by atoms with Crippen molar-refractivity contribution in [3.8, 4) is 0 Å². The Hall–Kier alpha value is -0.500. The lowest BCUT2D eigenvalue weighted by Gasteiger charge is -2.07. The largest absolute Gasteiger partial charge is 0.307 e. The molecular formula is C12H13BrN2O2S2. The van der Waals surface area contributed by atoms with Crippen LogP contribution in [0.2, 0.25) is 0 Å². The number of fused-ring (bicyclic) bond motifs is 1. The van der Waals surface area contributed by atoms with Crippen molar-refractivity contribution in [1.82, 2.24) is 10.3 Å². The highest BCUT2D eigenvalue weighted by Crippen LogP contribution is 2.25. The summed E-state index contributed by atoms with van der Waals surface area (Å²) in [6.45, 7) is 0.636. The van der Waals surface area contributed by atoms with Crippen LogP contribution < -0.4 is 5.32 Å². The zero-order chi connectivity index (χ0) is 13.5. The normalized spacial score (nSPS) is 22.1. The summed E-state index contributed by atoms with van der Waals surface area (Å²) in [6.07, 6.45) is 0.707. The van der Waals surface area contributed by atoms with Gasteiger partial charge in [0, 0.05) is 17.1 Å². The van der Waals surface area contributed by atoms with Crippen LogP contribution in [0.15, 0.2) is 22.7 Å². The molecule has 3 rings (SSSR count). The quantitative estimate of drug-likeness (QED) is 0.912. The molecule has 4 nitrogen and oxygen atoms in total. The van der Waals surface area contributed by atoms with Crippen LogP contribution in [-0.2, 0) is 16.4 Å². The van der Waals surface area contributed by atoms with Crippen LogP contribution in [0.3, 0.4) is 0 Å². The van der Waals surface area contributed by atoms with Crippen LogP contribution in [0.4, 0.5) is 0 Å². The number of halogens is 1. The highest BCUT2D eigenvalue weighted by Gasteiger charge is 2.27. The van der Waals surface area contributed by atoms with E-state index in [0.29, 0.717) is 18.7 Å². The second-order valence-electron chi connectivity index (χ2n) is 4.70. The van der Waals surface area contributed by atoms with Gasteiger partial charge in [-0.15, -0.1) is 11.3 Å². The van der Waals surface area contributed by atoms with Gasteiger partial charge in [-0.2, -0.15) is 0 Å². The van der Waals surface area contributed by atoms with E-state index in [-0.39, 0.29) is 11.8 Å². The fraction of sp³-hybridized carbons (Fsp3) is 0.417. The number of rotatable bonds is 3. The molecule has 1 aromatic heterocycles. The second-order valence-corrected chi connectivity index (χ2v) is 8.96. The highest BCUT2D eigenvalue weighted by atomic mass is 79.9. The molecule has 0 bridgehead atoms. The zero-order valence-corrected chi connectivity index (χ0v) is 13.3. The first-order chi connectivity index (χ1) is 9.02. The predicted molar refractivity (Wildman–Crippen MR) is 81.2 cm³/mol. The van der Waals surface area contributed by atoms with Crippen LogP contribution in [0, 0.1) is 0 Å². The van der Waals surface area contributed by atoms with Crippen molar-refractivity contribution < 1.29 is 8.42 Å². The third kappa shape index (κ3) is 3.16. The van der Waals surface area contributed by atoms with Crippen molar-refractivity contribution in [2.24, 2.45) is 0 Å². The molecule has 0 amide bonds. The van der Waals surface area contributed by atoms with Gasteiger partial charge in [0.2, 0.25) is 0 Å². The lowest BCUT2D eigenvalue weighted by molar-refractivity contribution is 0.553. The van der Waals surface area contributed by atoms with E-state index in [1.54, 1.807) is 11.3 Å². The Bertz CT molecular complexity index is 712. The van der Waals surface area contributed by atoms with Gasteiger partial charge < -0.3 is 5.32 Å². The first-order valence-electron chi connectivity index (χ1n) is 6.01. The molecule has 2 heterocycles. The summed E-state index contributed by atoms with van der Waals surface area (Å²) in [5.41, 5.74) is 0.990. The van der Waals surface area contributed by atoms with E-state index in [1.165, 1.54) is 0 Å². The van der Waals surface area contributed by atoms with Gasteiger partial charge in [-0.3, -0.25) is 0 Å². The molecule has 1 N–H and O–H groups in total. The van der Waals surface area contributed by atoms with Gasteiger partial charge in [0.15, 0.2) is 9.84 Å². The Morgan fingerprint density at radius 3 is 3.05 bits per heavy atom. The summed E-state index contributed by atoms with van der Waals surface area (Å²) in [5, 5.41) is 4.28. The van der Waals surface area contributed by atoms with Gasteiger partial charge in [0.1, 0.15) is 5.01 Å². The molecule has 1 aliphatic heterocycles. The van der Waals surface area contributed by atoms with Gasteiger partial charge in [-0.25, -0.2) is 13.4 Å². The molecule has 102 valence electrons. The predicted octanol–water partition coefficient (Wildman–Crippen LogP) is 2.34. The van der Waals surface area contributed by atoms with E-state index in [2.05, 4.69) is 32.3 Å². The van der Waals surface area contributed by atoms with E-state index < -0.39 is 9.84 Å². The number of nitrogens with one attached hydrogen (secondary N) is 1. The van der Waals surface area contributed by atoms with Crippen LogP contribution in [0.1, 0.15) is 11.4 Å². The van der Waals surface area contributed by atoms with Crippen molar-refractivity contribution in [2.45, 2.75) is 19.0 Å². The topological polar surface area (TPSA) is 59.1 Å². The maximum Gasteiger partial charge on any atom is 0.151 e. The Morgan fingerprint density at radius 2 is 2.32 bits per heavy atom. The summed E-state index contributed by atoms with van der Waals surface area (Å²) in [4.78, 5) is 4.54. The zero-order valence-electron chi connectivity index (χ0n) is 10.1. The molecule has 0 saturated carbocycles. The second kappa shape index (κ2) is 5.12. The third-order valence-corrected chi connectivity index (χ3v) is 6.45. The number of nitrogens with zero attached hydrogens (tertiary/aromatic N) is 1. The van der Waals surface area contributed by atoms with Gasteiger partial charge in [0.25, 0.3) is 0 Å². The summed E-state index contributed by atoms with van der Waals surface area (Å²) in [7, 11) is -2.82. The average molecular weight is 361 g/mol. The van der Waals surface area contributed by atoms with E-state index in [1.807, 2.05) is 12.1 Å². The lowest BCUT2D eigenvalue weighted by Crippen LogP contribution is -2.29. The molecule has 7 heteroatoms. The fourth-order valence-corrected chi connectivity index (χ4v) is 5.39. The number of aromatic nitrogens is 1. The molecule has 2 aromatic rings. The Morgan fingerprint density at radius 1 is 1.47 bits per heavy atom. The molecule has 19 heavy (non-hydrogen) atoms. The van der Waals surface area contributed by atoms with E-state index in [9.17, 15) is 8.42 Å². The maximum absolute atomic E-state index is 11.4. The van der Waals surface area contributed by atoms with Crippen LogP contribution in [0.5, 0.6) is 0 Å². The average Bonchev–Trinajstić information content (AvgIpc) is 2.89. The first kappa shape index (κ1) is 13.5. The molecule has 1 unspecified atom stereocenters. The van der Waals surface area contributed by atoms with Crippen molar-refractivity contribution in [2.75, 3.05) is 11.5 Å². The maximum atomic E-state index is 11.4. The fourth-order valence-electron chi connectivity index (χ4n) is 2.21. The van der Waals surface area contributed by atoms with E-state index in [0.717, 1.165) is 19.7 Å². The monoisotopic (exact) mass is 360 g/mol. The summed E-state index contributed by atoms with van der Waals surface area (Å²) in [5.74, 6) is 0.556. The Labute approximate surface area is 124 Å². The molecule has 0 spiro atoms. The Kier molecular flexibility index (Phi) is 3.63. The molecule has 1 atom stereocenters. The van der Waals surface area contributed by atoms with Crippen molar-refractivity contribution in [1.29, 1.82) is 0 Å². The minimum absolute atomic E-state index is 0.0729. The lowest BCUT2D eigenvalue weighted by atomic mass is 10.3. The summed E-state index contributed by atoms with van der Waals surface area (Å²) < 4.78 is 24.9. The summed E-state index contributed by atoms with van der Waals surface area (Å²) >= 11 is 5.09. The minimum atomic E-state index is -2.82. The molecular weight excluding hydrogens is 348 g/mol. The molecule has 1 saturated heterocycles. The molecule has 0 radical (unpaired) electrons. The minimum Gasteiger partial charge on any atom is -0.307 e. The van der Waals surface area contributed by atoms with Crippen LogP contribution >= 0.6 is 27.3 Å². The van der Waals surface area contributed by atoms with Gasteiger partial charge in [-0.1, -0.05) is 15.9 Å². The number of thiazole rings is 1. The number of hydrogen-bond donors (Lipinski definition) is 1. The summed E-state index contributed by atoms with van der Waals surface area (Å²) in [6, 6.07) is 6.09. The molecule has 1 aliphatic rings. The van der Waals surface area contributed by atoms with Gasteiger partial charge in [0.05, 0.1) is 21.7 Å². The smallest absolute Gasteiger partial charge is 0.151 e.